The highest BCUT2D eigenvalue weighted by molar-refractivity contribution is 5.92. The third-order valence-corrected chi connectivity index (χ3v) is 3.66. The van der Waals surface area contributed by atoms with Crippen LogP contribution < -0.4 is 14.9 Å². The molecule has 5 heteroatoms. The molecule has 0 aliphatic rings. The van der Waals surface area contributed by atoms with Gasteiger partial charge in [-0.2, -0.15) is 5.10 Å². The third kappa shape index (κ3) is 3.46. The molecule has 1 heterocycles. The van der Waals surface area contributed by atoms with Gasteiger partial charge in [0, 0.05) is 17.1 Å². The minimum atomic E-state index is 0.785. The zero-order valence-corrected chi connectivity index (χ0v) is 13.9. The largest absolute Gasteiger partial charge is 0.497 e. The van der Waals surface area contributed by atoms with E-state index < -0.39 is 0 Å². The predicted molar refractivity (Wildman–Crippen MR) is 97.2 cm³/mol. The van der Waals surface area contributed by atoms with Crippen LogP contribution in [0, 0.1) is 6.92 Å². The van der Waals surface area contributed by atoms with E-state index in [1.165, 1.54) is 0 Å². The van der Waals surface area contributed by atoms with Crippen LogP contribution in [-0.4, -0.2) is 25.4 Å². The average molecular weight is 321 g/mol. The van der Waals surface area contributed by atoms with Gasteiger partial charge in [0.15, 0.2) is 0 Å². The zero-order valence-electron chi connectivity index (χ0n) is 13.9. The van der Waals surface area contributed by atoms with Crippen molar-refractivity contribution in [3.05, 3.63) is 59.8 Å². The maximum atomic E-state index is 5.26. The Kier molecular flexibility index (Phi) is 4.61. The number of ether oxygens (including phenoxy) is 2. The number of pyridine rings is 1. The number of aromatic nitrogens is 1. The number of aryl methyl sites for hydroxylation is 1. The van der Waals surface area contributed by atoms with Gasteiger partial charge in [-0.25, -0.2) is 0 Å². The molecule has 0 saturated heterocycles. The normalized spacial score (nSPS) is 11.0. The molecule has 1 aromatic heterocycles. The Labute approximate surface area is 140 Å². The predicted octanol–water partition coefficient (Wildman–Crippen LogP) is 4.01. The molecule has 0 aliphatic carbocycles. The van der Waals surface area contributed by atoms with E-state index in [0.717, 1.165) is 39.3 Å². The number of hydrogen-bond donors (Lipinski definition) is 1. The van der Waals surface area contributed by atoms with Crippen LogP contribution in [0.2, 0.25) is 0 Å². The number of benzene rings is 2. The quantitative estimate of drug-likeness (QED) is 0.570. The summed E-state index contributed by atoms with van der Waals surface area (Å²) >= 11 is 0. The molecule has 0 fully saturated rings. The molecule has 3 rings (SSSR count). The first kappa shape index (κ1) is 15.8. The lowest BCUT2D eigenvalue weighted by Gasteiger charge is -2.08. The maximum absolute atomic E-state index is 5.26. The molecule has 0 unspecified atom stereocenters. The summed E-state index contributed by atoms with van der Waals surface area (Å²) in [6, 6.07) is 15.5. The van der Waals surface area contributed by atoms with Crippen molar-refractivity contribution in [3.8, 4) is 11.5 Å². The first-order valence-corrected chi connectivity index (χ1v) is 7.58. The standard InChI is InChI=1S/C19H19N3O2/c1-13-10-19(17-9-8-16(24-3)11-18(17)21-13)22-20-12-14-4-6-15(23-2)7-5-14/h4-12H,1-3H3,(H,21,22)/b20-12+. The molecule has 1 N–H and O–H groups in total. The summed E-state index contributed by atoms with van der Waals surface area (Å²) in [5.41, 5.74) is 6.78. The van der Waals surface area contributed by atoms with Crippen LogP contribution in [0.15, 0.2) is 53.6 Å². The van der Waals surface area contributed by atoms with Crippen molar-refractivity contribution in [2.75, 3.05) is 19.6 Å². The summed E-state index contributed by atoms with van der Waals surface area (Å²) < 4.78 is 10.4. The van der Waals surface area contributed by atoms with E-state index in [2.05, 4.69) is 15.5 Å². The summed E-state index contributed by atoms with van der Waals surface area (Å²) in [5.74, 6) is 1.61. The second kappa shape index (κ2) is 7.00. The van der Waals surface area contributed by atoms with Gasteiger partial charge < -0.3 is 9.47 Å². The lowest BCUT2D eigenvalue weighted by molar-refractivity contribution is 0.415. The van der Waals surface area contributed by atoms with E-state index >= 15 is 0 Å². The number of anilines is 1. The minimum absolute atomic E-state index is 0.785. The molecule has 0 saturated carbocycles. The number of methoxy groups -OCH3 is 2. The van der Waals surface area contributed by atoms with Crippen molar-refractivity contribution in [3.63, 3.8) is 0 Å². The number of nitrogens with one attached hydrogen (secondary N) is 1. The second-order valence-corrected chi connectivity index (χ2v) is 5.34. The third-order valence-electron chi connectivity index (χ3n) is 3.66. The van der Waals surface area contributed by atoms with Crippen LogP contribution >= 0.6 is 0 Å². The number of hydrazone groups is 1. The van der Waals surface area contributed by atoms with E-state index in [1.807, 2.05) is 55.5 Å². The molecule has 0 radical (unpaired) electrons. The summed E-state index contributed by atoms with van der Waals surface area (Å²) in [4.78, 5) is 4.54. The summed E-state index contributed by atoms with van der Waals surface area (Å²) in [5, 5.41) is 5.32. The molecule has 122 valence electrons. The lowest BCUT2D eigenvalue weighted by atomic mass is 10.1. The van der Waals surface area contributed by atoms with Gasteiger partial charge >= 0.3 is 0 Å². The van der Waals surface area contributed by atoms with Gasteiger partial charge in [-0.05, 0) is 55.0 Å². The van der Waals surface area contributed by atoms with Crippen LogP contribution in [0.25, 0.3) is 10.9 Å². The lowest BCUT2D eigenvalue weighted by Crippen LogP contribution is -1.95. The number of rotatable bonds is 5. The van der Waals surface area contributed by atoms with Crippen LogP contribution in [-0.2, 0) is 0 Å². The number of hydrogen-bond acceptors (Lipinski definition) is 5. The summed E-state index contributed by atoms with van der Waals surface area (Å²) in [7, 11) is 3.30. The van der Waals surface area contributed by atoms with Gasteiger partial charge in [-0.3, -0.25) is 10.4 Å². The topological polar surface area (TPSA) is 55.7 Å². The van der Waals surface area contributed by atoms with Crippen molar-refractivity contribution < 1.29 is 9.47 Å². The zero-order chi connectivity index (χ0) is 16.9. The molecule has 5 nitrogen and oxygen atoms in total. The molecule has 0 atom stereocenters. The Balaban J connectivity index is 1.84. The van der Waals surface area contributed by atoms with E-state index in [0.29, 0.717) is 0 Å². The van der Waals surface area contributed by atoms with Crippen LogP contribution in [0.5, 0.6) is 11.5 Å². The highest BCUT2D eigenvalue weighted by atomic mass is 16.5. The Morgan fingerprint density at radius 1 is 0.958 bits per heavy atom. The Bertz CT molecular complexity index is 874. The molecular formula is C19H19N3O2. The van der Waals surface area contributed by atoms with E-state index in [1.54, 1.807) is 20.4 Å². The Hall–Kier alpha value is -3.08. The van der Waals surface area contributed by atoms with E-state index in [9.17, 15) is 0 Å². The smallest absolute Gasteiger partial charge is 0.121 e. The van der Waals surface area contributed by atoms with Gasteiger partial charge in [0.05, 0.1) is 31.6 Å². The first-order valence-electron chi connectivity index (χ1n) is 7.58. The number of nitrogens with zero attached hydrogens (tertiary/aromatic N) is 2. The Morgan fingerprint density at radius 2 is 1.67 bits per heavy atom. The fourth-order valence-electron chi connectivity index (χ4n) is 2.43. The van der Waals surface area contributed by atoms with Crippen molar-refractivity contribution in [2.24, 2.45) is 5.10 Å². The fraction of sp³-hybridized carbons (Fsp3) is 0.158. The van der Waals surface area contributed by atoms with Gasteiger partial charge in [-0.15, -0.1) is 0 Å². The molecule has 2 aromatic carbocycles. The number of fused-ring (bicyclic) bond motifs is 1. The fourth-order valence-corrected chi connectivity index (χ4v) is 2.43. The van der Waals surface area contributed by atoms with Gasteiger partial charge in [-0.1, -0.05) is 0 Å². The molecule has 0 amide bonds. The SMILES string of the molecule is COc1ccc(/C=N/Nc2cc(C)nc3cc(OC)ccc23)cc1. The average Bonchev–Trinajstić information content (AvgIpc) is 2.61. The molecule has 24 heavy (non-hydrogen) atoms. The Morgan fingerprint density at radius 3 is 2.38 bits per heavy atom. The molecule has 0 bridgehead atoms. The van der Waals surface area contributed by atoms with Gasteiger partial charge in [0.25, 0.3) is 0 Å². The van der Waals surface area contributed by atoms with Crippen LogP contribution in [0.1, 0.15) is 11.3 Å². The molecule has 0 spiro atoms. The molecule has 0 aliphatic heterocycles. The van der Waals surface area contributed by atoms with Gasteiger partial charge in [0.2, 0.25) is 0 Å². The van der Waals surface area contributed by atoms with E-state index in [-0.39, 0.29) is 0 Å². The minimum Gasteiger partial charge on any atom is -0.497 e. The summed E-state index contributed by atoms with van der Waals surface area (Å²) in [6.07, 6.45) is 1.77. The second-order valence-electron chi connectivity index (χ2n) is 5.34. The summed E-state index contributed by atoms with van der Waals surface area (Å²) in [6.45, 7) is 1.96. The van der Waals surface area contributed by atoms with Crippen molar-refractivity contribution in [1.82, 2.24) is 4.98 Å². The monoisotopic (exact) mass is 321 g/mol. The van der Waals surface area contributed by atoms with Crippen molar-refractivity contribution in [2.45, 2.75) is 6.92 Å². The first-order chi connectivity index (χ1) is 11.7. The maximum Gasteiger partial charge on any atom is 0.121 e. The highest BCUT2D eigenvalue weighted by Gasteiger charge is 2.05. The van der Waals surface area contributed by atoms with Gasteiger partial charge in [0.1, 0.15) is 11.5 Å². The van der Waals surface area contributed by atoms with Crippen LogP contribution in [0.4, 0.5) is 5.69 Å². The highest BCUT2D eigenvalue weighted by Crippen LogP contribution is 2.26. The van der Waals surface area contributed by atoms with Crippen LogP contribution in [0.3, 0.4) is 0 Å². The van der Waals surface area contributed by atoms with E-state index in [4.69, 9.17) is 9.47 Å². The van der Waals surface area contributed by atoms with Crippen molar-refractivity contribution in [1.29, 1.82) is 0 Å². The molecular weight excluding hydrogens is 302 g/mol. The molecule has 3 aromatic rings. The van der Waals surface area contributed by atoms with Crippen molar-refractivity contribution >= 4 is 22.8 Å².